The minimum atomic E-state index is 0.505. The molecule has 1 aromatic rings. The molecule has 1 rings (SSSR count). The largest absolute Gasteiger partial charge is 0.310 e. The Morgan fingerprint density at radius 2 is 1.44 bits per heavy atom. The summed E-state index contributed by atoms with van der Waals surface area (Å²) in [6.07, 6.45) is 2.47. The molecular weight excluding hydrogens is 218 g/mol. The zero-order valence-corrected chi connectivity index (χ0v) is 12.9. The van der Waals surface area contributed by atoms with Crippen LogP contribution in [0.1, 0.15) is 61.9 Å². The molecule has 18 heavy (non-hydrogen) atoms. The lowest BCUT2D eigenvalue weighted by atomic mass is 9.84. The maximum absolute atomic E-state index is 3.70. The quantitative estimate of drug-likeness (QED) is 0.768. The molecular formula is C17H29N. The summed E-state index contributed by atoms with van der Waals surface area (Å²) < 4.78 is 0. The van der Waals surface area contributed by atoms with E-state index in [1.807, 2.05) is 0 Å². The van der Waals surface area contributed by atoms with E-state index in [0.717, 1.165) is 12.5 Å². The standard InChI is InChI=1S/C17H29N/c1-7-15(8-2)17(18-9-3)16-13(5)10-12(4)11-14(16)6/h10-11,15,17-18H,7-9H2,1-6H3. The Kier molecular flexibility index (Phi) is 5.87. The lowest BCUT2D eigenvalue weighted by Gasteiger charge is -2.29. The predicted octanol–water partition coefficient (Wildman–Crippen LogP) is 4.70. The van der Waals surface area contributed by atoms with Crippen LogP contribution >= 0.6 is 0 Å². The molecule has 0 bridgehead atoms. The summed E-state index contributed by atoms with van der Waals surface area (Å²) >= 11 is 0. The van der Waals surface area contributed by atoms with Crippen molar-refractivity contribution in [2.45, 2.75) is 60.4 Å². The Hall–Kier alpha value is -0.820. The number of aryl methyl sites for hydroxylation is 3. The van der Waals surface area contributed by atoms with E-state index >= 15 is 0 Å². The minimum Gasteiger partial charge on any atom is -0.310 e. The van der Waals surface area contributed by atoms with Gasteiger partial charge in [-0.15, -0.1) is 0 Å². The van der Waals surface area contributed by atoms with Crippen molar-refractivity contribution in [1.82, 2.24) is 5.32 Å². The van der Waals surface area contributed by atoms with Gasteiger partial charge in [0, 0.05) is 6.04 Å². The SMILES string of the molecule is CCNC(c1c(C)cc(C)cc1C)C(CC)CC. The second-order valence-corrected chi connectivity index (χ2v) is 5.42. The normalized spacial score (nSPS) is 13.1. The van der Waals surface area contributed by atoms with Crippen molar-refractivity contribution in [3.8, 4) is 0 Å². The highest BCUT2D eigenvalue weighted by Crippen LogP contribution is 2.32. The van der Waals surface area contributed by atoms with Gasteiger partial charge < -0.3 is 5.32 Å². The fourth-order valence-electron chi connectivity index (χ4n) is 3.17. The molecule has 1 nitrogen and oxygen atoms in total. The molecule has 0 aromatic heterocycles. The van der Waals surface area contributed by atoms with Gasteiger partial charge in [-0.25, -0.2) is 0 Å². The first kappa shape index (κ1) is 15.2. The van der Waals surface area contributed by atoms with Crippen molar-refractivity contribution in [2.24, 2.45) is 5.92 Å². The molecule has 0 saturated heterocycles. The highest BCUT2D eigenvalue weighted by molar-refractivity contribution is 5.40. The van der Waals surface area contributed by atoms with Crippen LogP contribution in [-0.2, 0) is 0 Å². The van der Waals surface area contributed by atoms with Gasteiger partial charge in [0.05, 0.1) is 0 Å². The average Bonchev–Trinajstić information content (AvgIpc) is 2.29. The molecule has 1 N–H and O–H groups in total. The Balaban J connectivity index is 3.20. The van der Waals surface area contributed by atoms with Gasteiger partial charge in [0.2, 0.25) is 0 Å². The van der Waals surface area contributed by atoms with E-state index in [1.165, 1.54) is 35.1 Å². The van der Waals surface area contributed by atoms with E-state index < -0.39 is 0 Å². The first-order chi connectivity index (χ1) is 8.54. The fourth-order valence-corrected chi connectivity index (χ4v) is 3.17. The van der Waals surface area contributed by atoms with Gasteiger partial charge in [-0.05, 0) is 49.9 Å². The molecule has 0 saturated carbocycles. The third kappa shape index (κ3) is 3.35. The first-order valence-electron chi connectivity index (χ1n) is 7.36. The number of hydrogen-bond acceptors (Lipinski definition) is 1. The number of benzene rings is 1. The zero-order chi connectivity index (χ0) is 13.7. The summed E-state index contributed by atoms with van der Waals surface area (Å²) in [5.41, 5.74) is 5.76. The van der Waals surface area contributed by atoms with Crippen LogP contribution in [0.25, 0.3) is 0 Å². The summed E-state index contributed by atoms with van der Waals surface area (Å²) in [7, 11) is 0. The van der Waals surface area contributed by atoms with Crippen LogP contribution < -0.4 is 5.32 Å². The maximum Gasteiger partial charge on any atom is 0.0353 e. The van der Waals surface area contributed by atoms with Crippen LogP contribution in [0.5, 0.6) is 0 Å². The molecule has 0 heterocycles. The first-order valence-corrected chi connectivity index (χ1v) is 7.36. The van der Waals surface area contributed by atoms with Crippen LogP contribution in [0.2, 0.25) is 0 Å². The van der Waals surface area contributed by atoms with E-state index in [4.69, 9.17) is 0 Å². The lowest BCUT2D eigenvalue weighted by Crippen LogP contribution is -2.29. The zero-order valence-electron chi connectivity index (χ0n) is 12.9. The van der Waals surface area contributed by atoms with Crippen molar-refractivity contribution in [1.29, 1.82) is 0 Å². The Bertz CT molecular complexity index is 354. The van der Waals surface area contributed by atoms with Crippen LogP contribution in [0.3, 0.4) is 0 Å². The fraction of sp³-hybridized carbons (Fsp3) is 0.647. The Labute approximate surface area is 113 Å². The maximum atomic E-state index is 3.70. The molecule has 0 amide bonds. The van der Waals surface area contributed by atoms with E-state index in [1.54, 1.807) is 0 Å². The van der Waals surface area contributed by atoms with Crippen LogP contribution in [0.15, 0.2) is 12.1 Å². The molecule has 102 valence electrons. The number of nitrogens with one attached hydrogen (secondary N) is 1. The van der Waals surface area contributed by atoms with Gasteiger partial charge in [-0.2, -0.15) is 0 Å². The minimum absolute atomic E-state index is 0.505. The molecule has 1 atom stereocenters. The van der Waals surface area contributed by atoms with Gasteiger partial charge in [0.1, 0.15) is 0 Å². The summed E-state index contributed by atoms with van der Waals surface area (Å²) in [5.74, 6) is 0.727. The van der Waals surface area contributed by atoms with Gasteiger partial charge in [0.25, 0.3) is 0 Å². The molecule has 0 aliphatic heterocycles. The molecule has 1 heteroatoms. The summed E-state index contributed by atoms with van der Waals surface area (Å²) in [4.78, 5) is 0. The van der Waals surface area contributed by atoms with Crippen LogP contribution in [0.4, 0.5) is 0 Å². The van der Waals surface area contributed by atoms with E-state index in [-0.39, 0.29) is 0 Å². The smallest absolute Gasteiger partial charge is 0.0353 e. The number of hydrogen-bond donors (Lipinski definition) is 1. The van der Waals surface area contributed by atoms with E-state index in [0.29, 0.717) is 6.04 Å². The molecule has 0 spiro atoms. The molecule has 1 unspecified atom stereocenters. The molecule has 0 fully saturated rings. The molecule has 0 aliphatic rings. The van der Waals surface area contributed by atoms with Gasteiger partial charge in [-0.3, -0.25) is 0 Å². The second kappa shape index (κ2) is 6.94. The van der Waals surface area contributed by atoms with Crippen molar-refractivity contribution < 1.29 is 0 Å². The average molecular weight is 247 g/mol. The van der Waals surface area contributed by atoms with Crippen LogP contribution in [0, 0.1) is 26.7 Å². The monoisotopic (exact) mass is 247 g/mol. The van der Waals surface area contributed by atoms with Crippen LogP contribution in [-0.4, -0.2) is 6.54 Å². The highest BCUT2D eigenvalue weighted by atomic mass is 14.9. The molecule has 0 radical (unpaired) electrons. The van der Waals surface area contributed by atoms with E-state index in [2.05, 4.69) is 59.0 Å². The van der Waals surface area contributed by atoms with Crippen molar-refractivity contribution >= 4 is 0 Å². The summed E-state index contributed by atoms with van der Waals surface area (Å²) in [6.45, 7) is 14.5. The topological polar surface area (TPSA) is 12.0 Å². The third-order valence-corrected chi connectivity index (χ3v) is 3.99. The van der Waals surface area contributed by atoms with Gasteiger partial charge in [-0.1, -0.05) is 51.3 Å². The number of rotatable bonds is 6. The lowest BCUT2D eigenvalue weighted by molar-refractivity contribution is 0.344. The Morgan fingerprint density at radius 1 is 0.944 bits per heavy atom. The van der Waals surface area contributed by atoms with Crippen molar-refractivity contribution in [3.05, 3.63) is 34.4 Å². The summed E-state index contributed by atoms with van der Waals surface area (Å²) in [5, 5.41) is 3.70. The summed E-state index contributed by atoms with van der Waals surface area (Å²) in [6, 6.07) is 5.13. The third-order valence-electron chi connectivity index (χ3n) is 3.99. The Morgan fingerprint density at radius 3 is 1.83 bits per heavy atom. The van der Waals surface area contributed by atoms with E-state index in [9.17, 15) is 0 Å². The van der Waals surface area contributed by atoms with Crippen molar-refractivity contribution in [3.63, 3.8) is 0 Å². The highest BCUT2D eigenvalue weighted by Gasteiger charge is 2.22. The predicted molar refractivity (Wildman–Crippen MR) is 81.1 cm³/mol. The van der Waals surface area contributed by atoms with Gasteiger partial charge in [0.15, 0.2) is 0 Å². The second-order valence-electron chi connectivity index (χ2n) is 5.42. The van der Waals surface area contributed by atoms with Gasteiger partial charge >= 0.3 is 0 Å². The molecule has 1 aromatic carbocycles. The molecule has 0 aliphatic carbocycles. The van der Waals surface area contributed by atoms with Crippen molar-refractivity contribution in [2.75, 3.05) is 6.54 Å².